The molecule has 0 aromatic carbocycles. The molecule has 10 heteroatoms. The van der Waals surface area contributed by atoms with Crippen LogP contribution in [0.1, 0.15) is 12.0 Å². The second-order valence-corrected chi connectivity index (χ2v) is 9.66. The number of hydrogen-bond donors (Lipinski definition) is 2. The third-order valence-electron chi connectivity index (χ3n) is 6.97. The highest BCUT2D eigenvalue weighted by Gasteiger charge is 2.37. The molecule has 7 rings (SSSR count). The van der Waals surface area contributed by atoms with Gasteiger partial charge in [0.2, 0.25) is 0 Å². The van der Waals surface area contributed by atoms with Gasteiger partial charge < -0.3 is 4.98 Å². The van der Waals surface area contributed by atoms with Crippen LogP contribution in [0.15, 0.2) is 73.7 Å². The normalized spacial score (nSPS) is 15.5. The van der Waals surface area contributed by atoms with Gasteiger partial charge >= 0.3 is 0 Å². The molecule has 8 nitrogen and oxygen atoms in total. The number of alkyl halides is 2. The smallest absolute Gasteiger partial charge is 0.261 e. The fraction of sp³-hybridized carbons (Fsp3) is 0.179. The number of nitrogens with zero attached hydrogens (tertiary/aromatic N) is 6. The molecule has 188 valence electrons. The molecular formula is C28H22F2N8. The lowest BCUT2D eigenvalue weighted by Gasteiger charge is -2.15. The van der Waals surface area contributed by atoms with Gasteiger partial charge in [0.1, 0.15) is 5.69 Å². The Morgan fingerprint density at radius 3 is 2.61 bits per heavy atom. The highest BCUT2D eigenvalue weighted by Crippen LogP contribution is 2.34. The van der Waals surface area contributed by atoms with Crippen LogP contribution >= 0.6 is 0 Å². The summed E-state index contributed by atoms with van der Waals surface area (Å²) in [4.78, 5) is 22.8. The minimum absolute atomic E-state index is 0.0997. The molecule has 38 heavy (non-hydrogen) atoms. The second kappa shape index (κ2) is 8.77. The van der Waals surface area contributed by atoms with E-state index >= 15 is 0 Å². The van der Waals surface area contributed by atoms with Gasteiger partial charge in [-0.25, -0.2) is 13.8 Å². The monoisotopic (exact) mass is 508 g/mol. The lowest BCUT2D eigenvalue weighted by atomic mass is 10.0. The van der Waals surface area contributed by atoms with Crippen LogP contribution in [0.4, 0.5) is 8.78 Å². The highest BCUT2D eigenvalue weighted by molar-refractivity contribution is 6.00. The molecule has 0 atom stereocenters. The van der Waals surface area contributed by atoms with Crippen molar-refractivity contribution in [1.29, 1.82) is 0 Å². The first-order chi connectivity index (χ1) is 18.5. The minimum Gasteiger partial charge on any atom is -0.352 e. The van der Waals surface area contributed by atoms with Crippen LogP contribution in [-0.4, -0.2) is 59.0 Å². The van der Waals surface area contributed by atoms with Gasteiger partial charge in [0.15, 0.2) is 5.65 Å². The molecule has 0 spiro atoms. The van der Waals surface area contributed by atoms with E-state index in [0.29, 0.717) is 18.7 Å². The fourth-order valence-electron chi connectivity index (χ4n) is 5.13. The third kappa shape index (κ3) is 4.08. The quantitative estimate of drug-likeness (QED) is 0.321. The van der Waals surface area contributed by atoms with E-state index < -0.39 is 5.92 Å². The molecule has 0 unspecified atom stereocenters. The number of aromatic nitrogens is 7. The number of fused-ring (bicyclic) bond motifs is 2. The standard InChI is InChI=1S/C28H22F2N8/c29-28(30)3-5-38(16-28)15-17-6-19(11-32-9-17)20-7-22-26(36-37-27(22)34-12-20)24-8-21-23(13-33-14-25(21)35-24)18-2-1-4-31-10-18/h1-2,4,6-14,35H,3,5,15-16H2,(H,34,36,37). The Morgan fingerprint density at radius 1 is 0.895 bits per heavy atom. The van der Waals surface area contributed by atoms with Gasteiger partial charge in [0.05, 0.1) is 24.0 Å². The zero-order valence-corrected chi connectivity index (χ0v) is 20.2. The number of rotatable bonds is 5. The molecule has 2 N–H and O–H groups in total. The van der Waals surface area contributed by atoms with E-state index in [9.17, 15) is 8.78 Å². The first-order valence-electron chi connectivity index (χ1n) is 12.3. The summed E-state index contributed by atoms with van der Waals surface area (Å²) >= 11 is 0. The zero-order chi connectivity index (χ0) is 25.7. The van der Waals surface area contributed by atoms with Gasteiger partial charge in [-0.15, -0.1) is 0 Å². The third-order valence-corrected chi connectivity index (χ3v) is 6.97. The topological polar surface area (TPSA) is 99.3 Å². The molecule has 1 saturated heterocycles. The van der Waals surface area contributed by atoms with E-state index in [4.69, 9.17) is 0 Å². The Kier molecular flexibility index (Phi) is 5.22. The molecule has 0 radical (unpaired) electrons. The molecule has 0 amide bonds. The van der Waals surface area contributed by atoms with Crippen LogP contribution in [-0.2, 0) is 6.54 Å². The fourth-order valence-corrected chi connectivity index (χ4v) is 5.13. The Bertz CT molecular complexity index is 1780. The molecule has 1 fully saturated rings. The van der Waals surface area contributed by atoms with Crippen LogP contribution in [0.3, 0.4) is 0 Å². The van der Waals surface area contributed by atoms with Crippen molar-refractivity contribution in [3.63, 3.8) is 0 Å². The number of H-pyrrole nitrogens is 2. The second-order valence-electron chi connectivity index (χ2n) is 9.66. The first-order valence-corrected chi connectivity index (χ1v) is 12.3. The Hall–Kier alpha value is -4.57. The maximum absolute atomic E-state index is 13.6. The number of likely N-dealkylation sites (tertiary alicyclic amines) is 1. The number of halogens is 2. The molecule has 0 aliphatic carbocycles. The van der Waals surface area contributed by atoms with Gasteiger partial charge in [-0.1, -0.05) is 6.07 Å². The van der Waals surface area contributed by atoms with Crippen molar-refractivity contribution >= 4 is 21.9 Å². The number of nitrogens with one attached hydrogen (secondary N) is 2. The molecule has 6 aromatic rings. The van der Waals surface area contributed by atoms with Crippen LogP contribution < -0.4 is 0 Å². The van der Waals surface area contributed by atoms with Gasteiger partial charge in [-0.2, -0.15) is 5.10 Å². The molecular weight excluding hydrogens is 486 g/mol. The van der Waals surface area contributed by atoms with Crippen molar-refractivity contribution in [2.45, 2.75) is 18.9 Å². The molecule has 6 aromatic heterocycles. The lowest BCUT2D eigenvalue weighted by Crippen LogP contribution is -2.24. The predicted octanol–water partition coefficient (Wildman–Crippen LogP) is 5.47. The Labute approximate surface area is 215 Å². The summed E-state index contributed by atoms with van der Waals surface area (Å²) in [5, 5.41) is 9.45. The predicted molar refractivity (Wildman–Crippen MR) is 140 cm³/mol. The van der Waals surface area contributed by atoms with Crippen molar-refractivity contribution < 1.29 is 8.78 Å². The van der Waals surface area contributed by atoms with E-state index in [0.717, 1.165) is 55.5 Å². The van der Waals surface area contributed by atoms with E-state index in [1.165, 1.54) is 0 Å². The summed E-state index contributed by atoms with van der Waals surface area (Å²) in [6, 6.07) is 9.99. The summed E-state index contributed by atoms with van der Waals surface area (Å²) in [6.45, 7) is 0.600. The zero-order valence-electron chi connectivity index (χ0n) is 20.2. The van der Waals surface area contributed by atoms with Gasteiger partial charge in [0.25, 0.3) is 5.92 Å². The summed E-state index contributed by atoms with van der Waals surface area (Å²) in [5.74, 6) is -2.62. The van der Waals surface area contributed by atoms with Gasteiger partial charge in [-0.3, -0.25) is 25.0 Å². The maximum atomic E-state index is 13.6. The average molecular weight is 509 g/mol. The van der Waals surface area contributed by atoms with Crippen LogP contribution in [0.25, 0.3) is 55.6 Å². The van der Waals surface area contributed by atoms with Crippen molar-refractivity contribution in [3.8, 4) is 33.6 Å². The lowest BCUT2D eigenvalue weighted by molar-refractivity contribution is 0.0115. The Balaban J connectivity index is 1.24. The van der Waals surface area contributed by atoms with E-state index in [1.807, 2.05) is 36.7 Å². The highest BCUT2D eigenvalue weighted by atomic mass is 19.3. The molecule has 0 saturated carbocycles. The van der Waals surface area contributed by atoms with E-state index in [-0.39, 0.29) is 13.0 Å². The minimum atomic E-state index is -2.62. The average Bonchev–Trinajstić information content (AvgIpc) is 3.64. The van der Waals surface area contributed by atoms with E-state index in [1.54, 1.807) is 35.9 Å². The molecule has 0 bridgehead atoms. The summed E-state index contributed by atoms with van der Waals surface area (Å²) in [6.07, 6.45) is 12.4. The molecule has 7 heterocycles. The van der Waals surface area contributed by atoms with Crippen molar-refractivity contribution in [2.75, 3.05) is 13.1 Å². The van der Waals surface area contributed by atoms with Crippen LogP contribution in [0.5, 0.6) is 0 Å². The summed E-state index contributed by atoms with van der Waals surface area (Å²) < 4.78 is 27.3. The van der Waals surface area contributed by atoms with Crippen molar-refractivity contribution in [1.82, 2.24) is 40.0 Å². The van der Waals surface area contributed by atoms with Crippen molar-refractivity contribution in [3.05, 3.63) is 79.3 Å². The Morgan fingerprint density at radius 2 is 1.76 bits per heavy atom. The number of hydrogen-bond acceptors (Lipinski definition) is 6. The van der Waals surface area contributed by atoms with Crippen LogP contribution in [0, 0.1) is 0 Å². The van der Waals surface area contributed by atoms with Crippen molar-refractivity contribution in [2.24, 2.45) is 0 Å². The largest absolute Gasteiger partial charge is 0.352 e. The molecule has 1 aliphatic heterocycles. The van der Waals surface area contributed by atoms with Gasteiger partial charge in [-0.05, 0) is 29.8 Å². The van der Waals surface area contributed by atoms with Crippen LogP contribution in [0.2, 0.25) is 0 Å². The maximum Gasteiger partial charge on any atom is 0.261 e. The van der Waals surface area contributed by atoms with Gasteiger partial charge in [0, 0.05) is 89.7 Å². The summed E-state index contributed by atoms with van der Waals surface area (Å²) in [5.41, 5.74) is 7.73. The summed E-state index contributed by atoms with van der Waals surface area (Å²) in [7, 11) is 0. The number of pyridine rings is 4. The molecule has 1 aliphatic rings. The van der Waals surface area contributed by atoms with E-state index in [2.05, 4.69) is 41.2 Å². The first kappa shape index (κ1) is 22.6. The SMILES string of the molecule is FC1(F)CCN(Cc2cncc(-c3cnc4[nH]nc(-c5cc6c(-c7cccnc7)cncc6[nH]5)c4c3)c2)C1. The number of aromatic amines is 2.